The van der Waals surface area contributed by atoms with Crippen molar-refractivity contribution in [1.29, 1.82) is 0 Å². The smallest absolute Gasteiger partial charge is 0.307 e. The van der Waals surface area contributed by atoms with E-state index in [1.807, 2.05) is 12.1 Å². The van der Waals surface area contributed by atoms with Crippen molar-refractivity contribution in [2.45, 2.75) is 6.42 Å². The number of anilines is 1. The number of oxazole rings is 1. The summed E-state index contributed by atoms with van der Waals surface area (Å²) in [5.41, 5.74) is 3.77. The molecule has 0 fully saturated rings. The molecule has 8 heteroatoms. The van der Waals surface area contributed by atoms with E-state index in [1.165, 1.54) is 6.08 Å². The van der Waals surface area contributed by atoms with E-state index in [2.05, 4.69) is 26.2 Å². The molecule has 2 N–H and O–H groups in total. The molecule has 0 aliphatic heterocycles. The Bertz CT molecular complexity index is 1350. The summed E-state index contributed by atoms with van der Waals surface area (Å²) in [6, 6.07) is 17.6. The molecule has 4 aromatic rings. The molecule has 160 valence electrons. The molecule has 4 rings (SSSR count). The predicted octanol–water partition coefficient (Wildman–Crippen LogP) is 6.19. The molecule has 0 saturated heterocycles. The van der Waals surface area contributed by atoms with Gasteiger partial charge >= 0.3 is 5.97 Å². The highest BCUT2D eigenvalue weighted by molar-refractivity contribution is 9.10. The number of hydrogen-bond donors (Lipinski definition) is 2. The van der Waals surface area contributed by atoms with Gasteiger partial charge < -0.3 is 14.8 Å². The van der Waals surface area contributed by atoms with E-state index in [-0.39, 0.29) is 12.3 Å². The Labute approximate surface area is 196 Å². The molecule has 0 aliphatic rings. The van der Waals surface area contributed by atoms with Gasteiger partial charge in [0.15, 0.2) is 5.58 Å². The van der Waals surface area contributed by atoms with E-state index in [4.69, 9.17) is 21.1 Å². The van der Waals surface area contributed by atoms with Gasteiger partial charge in [0.25, 0.3) is 0 Å². The number of rotatable bonds is 6. The van der Waals surface area contributed by atoms with Crippen LogP contribution in [-0.2, 0) is 16.0 Å². The van der Waals surface area contributed by atoms with Gasteiger partial charge in [0.2, 0.25) is 11.8 Å². The van der Waals surface area contributed by atoms with E-state index < -0.39 is 5.97 Å². The third-order valence-corrected chi connectivity index (χ3v) is 5.41. The highest BCUT2D eigenvalue weighted by Gasteiger charge is 2.13. The van der Waals surface area contributed by atoms with Crippen molar-refractivity contribution in [2.24, 2.45) is 0 Å². The average molecular weight is 512 g/mol. The normalized spacial score (nSPS) is 11.2. The summed E-state index contributed by atoms with van der Waals surface area (Å²) in [5.74, 6) is -0.838. The van der Waals surface area contributed by atoms with E-state index >= 15 is 0 Å². The largest absolute Gasteiger partial charge is 0.481 e. The molecular weight excluding hydrogens is 496 g/mol. The number of carbonyl (C=O) groups excluding carboxylic acids is 1. The van der Waals surface area contributed by atoms with Crippen LogP contribution < -0.4 is 5.32 Å². The minimum atomic E-state index is -0.912. The molecule has 0 saturated carbocycles. The summed E-state index contributed by atoms with van der Waals surface area (Å²) in [4.78, 5) is 27.5. The fourth-order valence-electron chi connectivity index (χ4n) is 3.07. The van der Waals surface area contributed by atoms with Crippen molar-refractivity contribution >= 4 is 62.3 Å². The molecule has 32 heavy (non-hydrogen) atoms. The van der Waals surface area contributed by atoms with Crippen molar-refractivity contribution < 1.29 is 19.1 Å². The Morgan fingerprint density at radius 1 is 1.09 bits per heavy atom. The minimum Gasteiger partial charge on any atom is -0.481 e. The Hall–Kier alpha value is -3.42. The van der Waals surface area contributed by atoms with Gasteiger partial charge in [-0.05, 0) is 65.7 Å². The zero-order chi connectivity index (χ0) is 22.7. The molecule has 6 nitrogen and oxygen atoms in total. The maximum atomic E-state index is 12.1. The lowest BCUT2D eigenvalue weighted by Gasteiger charge is -2.03. The zero-order valence-corrected chi connectivity index (χ0v) is 18.9. The fraction of sp³-hybridized carbons (Fsp3) is 0.0417. The Morgan fingerprint density at radius 2 is 1.88 bits per heavy atom. The lowest BCUT2D eigenvalue weighted by Crippen LogP contribution is -2.07. The number of halogens is 2. The number of carbonyl (C=O) groups is 2. The first-order chi connectivity index (χ1) is 15.4. The second kappa shape index (κ2) is 9.38. The standard InChI is InChI=1S/C24H16BrClN2O4/c25-16-4-6-17(7-5-16)27-22(29)10-3-14-1-8-18(19(26)11-14)24-28-20-12-15(13-23(30)31)2-9-21(20)32-24/h1-12H,13H2,(H,27,29)(H,30,31). The van der Waals surface area contributed by atoms with Gasteiger partial charge in [-0.25, -0.2) is 4.98 Å². The van der Waals surface area contributed by atoms with Crippen LogP contribution in [0, 0.1) is 0 Å². The quantitative estimate of drug-likeness (QED) is 0.301. The molecule has 0 unspecified atom stereocenters. The number of nitrogens with zero attached hydrogens (tertiary/aromatic N) is 1. The predicted molar refractivity (Wildman–Crippen MR) is 128 cm³/mol. The van der Waals surface area contributed by atoms with Gasteiger partial charge in [0, 0.05) is 16.2 Å². The summed E-state index contributed by atoms with van der Waals surface area (Å²) in [6.45, 7) is 0. The van der Waals surface area contributed by atoms with Crippen LogP contribution in [0.25, 0.3) is 28.6 Å². The third-order valence-electron chi connectivity index (χ3n) is 4.57. The van der Waals surface area contributed by atoms with Crippen molar-refractivity contribution in [3.8, 4) is 11.5 Å². The monoisotopic (exact) mass is 510 g/mol. The molecule has 0 spiro atoms. The number of fused-ring (bicyclic) bond motifs is 1. The Kier molecular flexibility index (Phi) is 6.39. The minimum absolute atomic E-state index is 0.0880. The van der Waals surface area contributed by atoms with Crippen LogP contribution in [0.5, 0.6) is 0 Å². The van der Waals surface area contributed by atoms with E-state index in [0.29, 0.717) is 38.8 Å². The second-order valence-electron chi connectivity index (χ2n) is 6.96. The molecular formula is C24H16BrClN2O4. The summed E-state index contributed by atoms with van der Waals surface area (Å²) in [6.07, 6.45) is 3.00. The lowest BCUT2D eigenvalue weighted by molar-refractivity contribution is -0.136. The van der Waals surface area contributed by atoms with Crippen LogP contribution in [0.15, 0.2) is 75.6 Å². The topological polar surface area (TPSA) is 92.4 Å². The van der Waals surface area contributed by atoms with Crippen LogP contribution in [0.3, 0.4) is 0 Å². The van der Waals surface area contributed by atoms with Crippen molar-refractivity contribution in [3.05, 3.63) is 87.4 Å². The number of nitrogens with one attached hydrogen (secondary N) is 1. The SMILES string of the molecule is O=C(O)Cc1ccc2oc(-c3ccc(C=CC(=O)Nc4ccc(Br)cc4)cc3Cl)nc2c1. The second-order valence-corrected chi connectivity index (χ2v) is 8.28. The van der Waals surface area contributed by atoms with Crippen LogP contribution in [-0.4, -0.2) is 22.0 Å². The number of benzene rings is 3. The Morgan fingerprint density at radius 3 is 2.59 bits per heavy atom. The highest BCUT2D eigenvalue weighted by atomic mass is 79.9. The summed E-state index contributed by atoms with van der Waals surface area (Å²) < 4.78 is 6.71. The Balaban J connectivity index is 1.50. The van der Waals surface area contributed by atoms with Crippen LogP contribution >= 0.6 is 27.5 Å². The number of amides is 1. The van der Waals surface area contributed by atoms with Gasteiger partial charge in [0.1, 0.15) is 5.52 Å². The first kappa shape index (κ1) is 21.8. The summed E-state index contributed by atoms with van der Waals surface area (Å²) >= 11 is 9.79. The first-order valence-corrected chi connectivity index (χ1v) is 10.7. The number of aromatic nitrogens is 1. The van der Waals surface area contributed by atoms with Gasteiger partial charge in [-0.1, -0.05) is 39.7 Å². The molecule has 0 atom stereocenters. The van der Waals surface area contributed by atoms with Crippen molar-refractivity contribution in [3.63, 3.8) is 0 Å². The van der Waals surface area contributed by atoms with Gasteiger partial charge in [-0.3, -0.25) is 9.59 Å². The number of carboxylic acid groups (broad SMARTS) is 1. The number of carboxylic acids is 1. The van der Waals surface area contributed by atoms with E-state index in [1.54, 1.807) is 54.6 Å². The van der Waals surface area contributed by atoms with Crippen LogP contribution in [0.2, 0.25) is 5.02 Å². The number of aliphatic carboxylic acids is 1. The van der Waals surface area contributed by atoms with Gasteiger partial charge in [-0.2, -0.15) is 0 Å². The molecule has 0 radical (unpaired) electrons. The van der Waals surface area contributed by atoms with E-state index in [9.17, 15) is 9.59 Å². The summed E-state index contributed by atoms with van der Waals surface area (Å²) in [7, 11) is 0. The first-order valence-electron chi connectivity index (χ1n) is 9.53. The van der Waals surface area contributed by atoms with Crippen molar-refractivity contribution in [2.75, 3.05) is 5.32 Å². The highest BCUT2D eigenvalue weighted by Crippen LogP contribution is 2.31. The fourth-order valence-corrected chi connectivity index (χ4v) is 3.60. The zero-order valence-electron chi connectivity index (χ0n) is 16.5. The van der Waals surface area contributed by atoms with Crippen LogP contribution in [0.4, 0.5) is 5.69 Å². The van der Waals surface area contributed by atoms with Gasteiger partial charge in [0.05, 0.1) is 17.0 Å². The maximum Gasteiger partial charge on any atom is 0.307 e. The average Bonchev–Trinajstić information content (AvgIpc) is 3.16. The molecule has 3 aromatic carbocycles. The summed E-state index contributed by atoms with van der Waals surface area (Å²) in [5, 5.41) is 12.1. The maximum absolute atomic E-state index is 12.1. The van der Waals surface area contributed by atoms with E-state index in [0.717, 1.165) is 10.0 Å². The number of hydrogen-bond acceptors (Lipinski definition) is 4. The van der Waals surface area contributed by atoms with Crippen LogP contribution in [0.1, 0.15) is 11.1 Å². The molecule has 1 heterocycles. The lowest BCUT2D eigenvalue weighted by atomic mass is 10.1. The molecule has 0 bridgehead atoms. The van der Waals surface area contributed by atoms with Gasteiger partial charge in [-0.15, -0.1) is 0 Å². The molecule has 0 aliphatic carbocycles. The third kappa shape index (κ3) is 5.25. The molecule has 1 amide bonds. The molecule has 1 aromatic heterocycles. The van der Waals surface area contributed by atoms with Crippen molar-refractivity contribution in [1.82, 2.24) is 4.98 Å².